The molecule has 0 aliphatic heterocycles. The molecule has 92 valence electrons. The Labute approximate surface area is 114 Å². The smallest absolute Gasteiger partial charge is 0.0591 e. The quantitative estimate of drug-likeness (QED) is 0.620. The van der Waals surface area contributed by atoms with Crippen molar-refractivity contribution in [2.75, 3.05) is 0 Å². The maximum atomic E-state index is 6.49. The van der Waals surface area contributed by atoms with Gasteiger partial charge in [0.2, 0.25) is 0 Å². The van der Waals surface area contributed by atoms with E-state index in [9.17, 15) is 0 Å². The molecular weight excluding hydrogens is 240 g/mol. The van der Waals surface area contributed by atoms with Gasteiger partial charge in [0.25, 0.3) is 0 Å². The van der Waals surface area contributed by atoms with Crippen LogP contribution < -0.4 is 0 Å². The number of benzene rings is 2. The predicted octanol–water partition coefficient (Wildman–Crippen LogP) is 5.14. The molecule has 3 atom stereocenters. The normalized spacial score (nSPS) is 26.7. The third-order valence-electron chi connectivity index (χ3n) is 3.97. The lowest BCUT2D eigenvalue weighted by Gasteiger charge is -2.34. The number of hydrogen-bond donors (Lipinski definition) is 0. The molecule has 0 amide bonds. The summed E-state index contributed by atoms with van der Waals surface area (Å²) < 4.78 is 0. The number of fused-ring (bicyclic) bond motifs is 1. The molecule has 1 aliphatic carbocycles. The lowest BCUT2D eigenvalue weighted by atomic mass is 9.72. The summed E-state index contributed by atoms with van der Waals surface area (Å²) in [6.45, 7) is 2.31. The van der Waals surface area contributed by atoms with Crippen molar-refractivity contribution in [1.29, 1.82) is 0 Å². The first-order valence-electron chi connectivity index (χ1n) is 6.55. The molecule has 0 radical (unpaired) electrons. The summed E-state index contributed by atoms with van der Waals surface area (Å²) in [4.78, 5) is 0. The van der Waals surface area contributed by atoms with E-state index in [4.69, 9.17) is 11.6 Å². The molecule has 18 heavy (non-hydrogen) atoms. The molecule has 0 aromatic heterocycles. The van der Waals surface area contributed by atoms with Gasteiger partial charge in [0.15, 0.2) is 0 Å². The summed E-state index contributed by atoms with van der Waals surface area (Å²) in [6.07, 6.45) is 1.05. The van der Waals surface area contributed by atoms with Crippen LogP contribution in [-0.4, -0.2) is 0 Å². The Morgan fingerprint density at radius 1 is 0.889 bits per heavy atom. The van der Waals surface area contributed by atoms with Gasteiger partial charge in [-0.25, -0.2) is 0 Å². The Morgan fingerprint density at radius 3 is 2.22 bits per heavy atom. The molecule has 2 aromatic rings. The van der Waals surface area contributed by atoms with Gasteiger partial charge in [-0.3, -0.25) is 0 Å². The topological polar surface area (TPSA) is 0 Å². The summed E-state index contributed by atoms with van der Waals surface area (Å²) in [5.74, 6) is 1.07. The van der Waals surface area contributed by atoms with Gasteiger partial charge in [-0.05, 0) is 29.0 Å². The third kappa shape index (κ3) is 1.95. The second-order valence-corrected chi connectivity index (χ2v) is 5.72. The Morgan fingerprint density at radius 2 is 1.50 bits per heavy atom. The highest BCUT2D eigenvalue weighted by Gasteiger charge is 2.31. The van der Waals surface area contributed by atoms with Gasteiger partial charge in [0.1, 0.15) is 0 Å². The van der Waals surface area contributed by atoms with E-state index in [1.807, 2.05) is 0 Å². The lowest BCUT2D eigenvalue weighted by molar-refractivity contribution is 0.438. The van der Waals surface area contributed by atoms with E-state index in [-0.39, 0.29) is 5.38 Å². The highest BCUT2D eigenvalue weighted by molar-refractivity contribution is 6.21. The largest absolute Gasteiger partial charge is 0.118 e. The van der Waals surface area contributed by atoms with Gasteiger partial charge in [0.05, 0.1) is 5.38 Å². The molecule has 3 unspecified atom stereocenters. The zero-order valence-electron chi connectivity index (χ0n) is 10.5. The van der Waals surface area contributed by atoms with Gasteiger partial charge >= 0.3 is 0 Å². The van der Waals surface area contributed by atoms with E-state index in [2.05, 4.69) is 61.5 Å². The molecule has 3 rings (SSSR count). The minimum Gasteiger partial charge on any atom is -0.118 e. The predicted molar refractivity (Wildman–Crippen MR) is 77.1 cm³/mol. The summed E-state index contributed by atoms with van der Waals surface area (Å²) in [6, 6.07) is 19.4. The van der Waals surface area contributed by atoms with E-state index in [0.717, 1.165) is 6.42 Å². The molecule has 0 saturated heterocycles. The second kappa shape index (κ2) is 4.78. The molecule has 1 heteroatoms. The molecular formula is C17H17Cl. The first kappa shape index (κ1) is 11.8. The fraction of sp³-hybridized carbons (Fsp3) is 0.294. The monoisotopic (exact) mass is 256 g/mol. The van der Waals surface area contributed by atoms with Crippen molar-refractivity contribution in [3.05, 3.63) is 71.3 Å². The van der Waals surface area contributed by atoms with E-state index in [0.29, 0.717) is 11.8 Å². The highest BCUT2D eigenvalue weighted by Crippen LogP contribution is 2.46. The Hall–Kier alpha value is -1.27. The number of rotatable bonds is 1. The zero-order chi connectivity index (χ0) is 12.5. The molecule has 0 bridgehead atoms. The van der Waals surface area contributed by atoms with Gasteiger partial charge in [0, 0.05) is 5.92 Å². The van der Waals surface area contributed by atoms with Crippen LogP contribution in [0.2, 0.25) is 0 Å². The maximum absolute atomic E-state index is 6.49. The van der Waals surface area contributed by atoms with Crippen molar-refractivity contribution >= 4 is 11.6 Å². The van der Waals surface area contributed by atoms with E-state index >= 15 is 0 Å². The van der Waals surface area contributed by atoms with Crippen LogP contribution in [0.3, 0.4) is 0 Å². The summed E-state index contributed by atoms with van der Waals surface area (Å²) in [7, 11) is 0. The summed E-state index contributed by atoms with van der Waals surface area (Å²) in [5.41, 5.74) is 4.12. The minimum atomic E-state index is 0.163. The van der Waals surface area contributed by atoms with E-state index in [1.165, 1.54) is 16.7 Å². The first-order valence-corrected chi connectivity index (χ1v) is 6.99. The van der Waals surface area contributed by atoms with Crippen molar-refractivity contribution in [3.8, 4) is 0 Å². The minimum absolute atomic E-state index is 0.163. The Balaban J connectivity index is 2.12. The molecule has 0 heterocycles. The fourth-order valence-electron chi connectivity index (χ4n) is 3.14. The molecule has 1 aliphatic rings. The molecule has 0 saturated carbocycles. The van der Waals surface area contributed by atoms with Crippen molar-refractivity contribution in [3.63, 3.8) is 0 Å². The van der Waals surface area contributed by atoms with Gasteiger partial charge in [-0.2, -0.15) is 0 Å². The van der Waals surface area contributed by atoms with Gasteiger partial charge in [-0.15, -0.1) is 11.6 Å². The molecule has 0 nitrogen and oxygen atoms in total. The molecule has 2 aromatic carbocycles. The third-order valence-corrected chi connectivity index (χ3v) is 4.39. The van der Waals surface area contributed by atoms with Crippen LogP contribution in [0.15, 0.2) is 54.6 Å². The molecule has 0 N–H and O–H groups in total. The Bertz CT molecular complexity index is 532. The van der Waals surface area contributed by atoms with Crippen molar-refractivity contribution in [2.24, 2.45) is 5.92 Å². The van der Waals surface area contributed by atoms with Crippen LogP contribution in [0.4, 0.5) is 0 Å². The van der Waals surface area contributed by atoms with Crippen LogP contribution in [0, 0.1) is 5.92 Å². The lowest BCUT2D eigenvalue weighted by Crippen LogP contribution is -2.20. The van der Waals surface area contributed by atoms with Crippen molar-refractivity contribution in [2.45, 2.75) is 24.6 Å². The Kier molecular flexibility index (Phi) is 3.13. The first-order chi connectivity index (χ1) is 8.77. The van der Waals surface area contributed by atoms with Crippen LogP contribution >= 0.6 is 11.6 Å². The van der Waals surface area contributed by atoms with Crippen LogP contribution in [0.25, 0.3) is 0 Å². The number of alkyl halides is 1. The summed E-state index contributed by atoms with van der Waals surface area (Å²) >= 11 is 6.49. The second-order valence-electron chi connectivity index (χ2n) is 5.20. The maximum Gasteiger partial charge on any atom is 0.0591 e. The average Bonchev–Trinajstić information content (AvgIpc) is 2.40. The zero-order valence-corrected chi connectivity index (χ0v) is 11.3. The molecule has 0 fully saturated rings. The van der Waals surface area contributed by atoms with Crippen LogP contribution in [0.1, 0.15) is 41.3 Å². The van der Waals surface area contributed by atoms with Crippen molar-refractivity contribution in [1.82, 2.24) is 0 Å². The average molecular weight is 257 g/mol. The number of halogens is 1. The number of hydrogen-bond acceptors (Lipinski definition) is 0. The standard InChI is InChI=1S/C17H17Cl/c1-12-11-16(18)14-9-5-6-10-15(14)17(12)13-7-3-2-4-8-13/h2-10,12,16-17H,11H2,1H3. The van der Waals surface area contributed by atoms with E-state index in [1.54, 1.807) is 0 Å². The van der Waals surface area contributed by atoms with E-state index < -0.39 is 0 Å². The van der Waals surface area contributed by atoms with Crippen molar-refractivity contribution < 1.29 is 0 Å². The van der Waals surface area contributed by atoms with Gasteiger partial charge < -0.3 is 0 Å². The highest BCUT2D eigenvalue weighted by atomic mass is 35.5. The molecule has 0 spiro atoms. The van der Waals surface area contributed by atoms with Crippen LogP contribution in [-0.2, 0) is 0 Å². The fourth-order valence-corrected chi connectivity index (χ4v) is 3.62. The SMILES string of the molecule is CC1CC(Cl)c2ccccc2C1c1ccccc1. The van der Waals surface area contributed by atoms with Gasteiger partial charge in [-0.1, -0.05) is 61.5 Å². The summed E-state index contributed by atoms with van der Waals surface area (Å²) in [5, 5.41) is 0.163. The van der Waals surface area contributed by atoms with Crippen LogP contribution in [0.5, 0.6) is 0 Å².